The molecule has 0 atom stereocenters. The van der Waals surface area contributed by atoms with Crippen LogP contribution in [0, 0.1) is 44.4 Å². The third kappa shape index (κ3) is 4.84. The van der Waals surface area contributed by atoms with Crippen molar-refractivity contribution in [2.45, 2.75) is 58.9 Å². The molecule has 4 bridgehead atoms. The highest BCUT2D eigenvalue weighted by Gasteiger charge is 2.47. The number of carbonyl (C=O) groups excluding carboxylic acids is 1. The molecule has 6 heteroatoms. The second-order valence-corrected chi connectivity index (χ2v) is 12.2. The van der Waals surface area contributed by atoms with Crippen molar-refractivity contribution in [3.63, 3.8) is 0 Å². The minimum atomic E-state index is -0.122. The van der Waals surface area contributed by atoms with Crippen LogP contribution in [0.5, 0.6) is 0 Å². The lowest BCUT2D eigenvalue weighted by Gasteiger charge is -2.54. The topological polar surface area (TPSA) is 59.0 Å². The van der Waals surface area contributed by atoms with E-state index in [2.05, 4.69) is 42.7 Å². The van der Waals surface area contributed by atoms with E-state index in [0.717, 1.165) is 63.9 Å². The number of halogens is 1. The van der Waals surface area contributed by atoms with E-state index in [1.165, 1.54) is 32.1 Å². The van der Waals surface area contributed by atoms with E-state index < -0.39 is 0 Å². The number of rotatable bonds is 7. The van der Waals surface area contributed by atoms with Gasteiger partial charge in [-0.25, -0.2) is 4.68 Å². The molecule has 2 aromatic carbocycles. The molecule has 0 saturated heterocycles. The molecule has 5 nitrogen and oxygen atoms in total. The predicted molar refractivity (Wildman–Crippen MR) is 149 cm³/mol. The van der Waals surface area contributed by atoms with Gasteiger partial charge in [-0.1, -0.05) is 29.8 Å². The molecule has 4 aliphatic carbocycles. The van der Waals surface area contributed by atoms with Gasteiger partial charge in [0.25, 0.3) is 5.91 Å². The van der Waals surface area contributed by atoms with Gasteiger partial charge in [0.2, 0.25) is 0 Å². The van der Waals surface area contributed by atoms with E-state index in [9.17, 15) is 4.79 Å². The summed E-state index contributed by atoms with van der Waals surface area (Å²) < 4.78 is 1.90. The van der Waals surface area contributed by atoms with Crippen molar-refractivity contribution >= 4 is 17.5 Å². The molecule has 37 heavy (non-hydrogen) atoms. The number of nitrogens with zero attached hydrogens (tertiary/aromatic N) is 2. The Hall–Kier alpha value is -2.63. The number of amides is 1. The van der Waals surface area contributed by atoms with Crippen molar-refractivity contribution in [3.8, 4) is 16.9 Å². The smallest absolute Gasteiger partial charge is 0.272 e. The number of nitrogens with one attached hydrogen (secondary N) is 2. The van der Waals surface area contributed by atoms with Crippen LogP contribution in [0.25, 0.3) is 16.9 Å². The van der Waals surface area contributed by atoms with E-state index in [1.54, 1.807) is 0 Å². The Morgan fingerprint density at radius 1 is 0.919 bits per heavy atom. The molecule has 7 rings (SSSR count). The quantitative estimate of drug-likeness (QED) is 0.364. The van der Waals surface area contributed by atoms with Gasteiger partial charge in [-0.2, -0.15) is 5.10 Å². The SMILES string of the molecule is Cc1cc(C)cc(-n2nc(C(=O)NCCNC3C4CC5CC(C4)CC3C5)c(C)c2-c2ccc(Cl)cc2)c1. The van der Waals surface area contributed by atoms with Crippen LogP contribution >= 0.6 is 11.6 Å². The van der Waals surface area contributed by atoms with Gasteiger partial charge in [-0.05, 0) is 112 Å². The minimum absolute atomic E-state index is 0.122. The predicted octanol–water partition coefficient (Wildman–Crippen LogP) is 6.26. The van der Waals surface area contributed by atoms with Gasteiger partial charge < -0.3 is 10.6 Å². The van der Waals surface area contributed by atoms with Crippen molar-refractivity contribution in [3.05, 3.63) is 69.9 Å². The summed E-state index contributed by atoms with van der Waals surface area (Å²) >= 11 is 6.17. The van der Waals surface area contributed by atoms with E-state index in [1.807, 2.05) is 35.9 Å². The summed E-state index contributed by atoms with van der Waals surface area (Å²) in [5, 5.41) is 12.5. The van der Waals surface area contributed by atoms with Gasteiger partial charge in [0, 0.05) is 35.3 Å². The molecule has 4 aliphatic rings. The molecule has 194 valence electrons. The first-order chi connectivity index (χ1) is 17.9. The Morgan fingerprint density at radius 2 is 1.54 bits per heavy atom. The van der Waals surface area contributed by atoms with Gasteiger partial charge in [-0.15, -0.1) is 0 Å². The number of benzene rings is 2. The van der Waals surface area contributed by atoms with E-state index in [0.29, 0.717) is 23.3 Å². The molecular weight excluding hydrogens is 480 g/mol. The first kappa shape index (κ1) is 24.7. The van der Waals surface area contributed by atoms with Crippen LogP contribution in [0.1, 0.15) is 59.3 Å². The van der Waals surface area contributed by atoms with Crippen molar-refractivity contribution in [2.75, 3.05) is 13.1 Å². The van der Waals surface area contributed by atoms with E-state index >= 15 is 0 Å². The normalized spacial score (nSPS) is 26.0. The third-order valence-electron chi connectivity index (χ3n) is 8.92. The molecule has 0 aliphatic heterocycles. The van der Waals surface area contributed by atoms with Crippen molar-refractivity contribution < 1.29 is 4.79 Å². The highest BCUT2D eigenvalue weighted by atomic mass is 35.5. The van der Waals surface area contributed by atoms with Crippen LogP contribution in [-0.4, -0.2) is 34.8 Å². The van der Waals surface area contributed by atoms with Gasteiger partial charge in [0.1, 0.15) is 0 Å². The average molecular weight is 517 g/mol. The molecule has 0 radical (unpaired) electrons. The lowest BCUT2D eigenvalue weighted by atomic mass is 9.54. The van der Waals surface area contributed by atoms with Gasteiger partial charge >= 0.3 is 0 Å². The molecule has 4 saturated carbocycles. The molecule has 2 N–H and O–H groups in total. The van der Waals surface area contributed by atoms with Crippen LogP contribution in [-0.2, 0) is 0 Å². The second kappa shape index (κ2) is 9.92. The largest absolute Gasteiger partial charge is 0.349 e. The summed E-state index contributed by atoms with van der Waals surface area (Å²) in [6, 6.07) is 14.7. The number of hydrogen-bond acceptors (Lipinski definition) is 3. The summed E-state index contributed by atoms with van der Waals surface area (Å²) in [6.07, 6.45) is 7.08. The number of carbonyl (C=O) groups is 1. The number of aromatic nitrogens is 2. The highest BCUT2D eigenvalue weighted by Crippen LogP contribution is 2.53. The van der Waals surface area contributed by atoms with Crippen LogP contribution in [0.2, 0.25) is 5.02 Å². The van der Waals surface area contributed by atoms with Crippen LogP contribution in [0.4, 0.5) is 0 Å². The first-order valence-electron chi connectivity index (χ1n) is 13.8. The monoisotopic (exact) mass is 516 g/mol. The van der Waals surface area contributed by atoms with Gasteiger partial charge in [-0.3, -0.25) is 4.79 Å². The number of hydrogen-bond donors (Lipinski definition) is 2. The summed E-state index contributed by atoms with van der Waals surface area (Å²) in [5.41, 5.74) is 6.51. The lowest BCUT2D eigenvalue weighted by Crippen LogP contribution is -2.55. The molecule has 3 aromatic rings. The highest BCUT2D eigenvalue weighted by molar-refractivity contribution is 6.30. The Morgan fingerprint density at radius 3 is 2.16 bits per heavy atom. The van der Waals surface area contributed by atoms with Crippen molar-refractivity contribution in [1.82, 2.24) is 20.4 Å². The zero-order valence-electron chi connectivity index (χ0n) is 22.1. The Labute approximate surface area is 225 Å². The van der Waals surface area contributed by atoms with Crippen molar-refractivity contribution in [1.29, 1.82) is 0 Å². The minimum Gasteiger partial charge on any atom is -0.349 e. The van der Waals surface area contributed by atoms with Crippen LogP contribution in [0.3, 0.4) is 0 Å². The molecule has 1 amide bonds. The lowest BCUT2D eigenvalue weighted by molar-refractivity contribution is -0.0133. The molecule has 0 spiro atoms. The summed E-state index contributed by atoms with van der Waals surface area (Å²) in [6.45, 7) is 7.56. The molecule has 1 aromatic heterocycles. The molecule has 1 heterocycles. The Balaban J connectivity index is 1.19. The standard InChI is InChI=1S/C31H37ClN4O/c1-18-10-19(2)12-27(11-18)36-30(23-4-6-26(32)7-5-23)20(3)28(35-36)31(37)34-9-8-33-29-24-14-21-13-22(16-24)17-25(29)15-21/h4-7,10-12,21-22,24-25,29,33H,8-9,13-17H2,1-3H3,(H,34,37). The van der Waals surface area contributed by atoms with E-state index in [-0.39, 0.29) is 5.91 Å². The fraction of sp³-hybridized carbons (Fsp3) is 0.484. The Bertz CT molecular complexity index is 1260. The summed E-state index contributed by atoms with van der Waals surface area (Å²) in [5.74, 6) is 3.51. The number of aryl methyl sites for hydroxylation is 2. The third-order valence-corrected chi connectivity index (χ3v) is 9.18. The van der Waals surface area contributed by atoms with Gasteiger partial charge in [0.15, 0.2) is 5.69 Å². The zero-order valence-corrected chi connectivity index (χ0v) is 22.8. The maximum atomic E-state index is 13.3. The van der Waals surface area contributed by atoms with E-state index in [4.69, 9.17) is 16.7 Å². The maximum Gasteiger partial charge on any atom is 0.272 e. The second-order valence-electron chi connectivity index (χ2n) is 11.8. The van der Waals surface area contributed by atoms with Gasteiger partial charge in [0.05, 0.1) is 11.4 Å². The molecular formula is C31H37ClN4O. The average Bonchev–Trinajstić information content (AvgIpc) is 3.19. The molecule has 0 unspecified atom stereocenters. The van der Waals surface area contributed by atoms with Crippen molar-refractivity contribution in [2.24, 2.45) is 23.7 Å². The summed E-state index contributed by atoms with van der Waals surface area (Å²) in [4.78, 5) is 13.3. The fourth-order valence-corrected chi connectivity index (χ4v) is 7.80. The zero-order chi connectivity index (χ0) is 25.7. The van der Waals surface area contributed by atoms with Crippen LogP contribution in [0.15, 0.2) is 42.5 Å². The van der Waals surface area contributed by atoms with Crippen LogP contribution < -0.4 is 10.6 Å². The molecule has 4 fully saturated rings. The summed E-state index contributed by atoms with van der Waals surface area (Å²) in [7, 11) is 0. The maximum absolute atomic E-state index is 13.3. The Kier molecular flexibility index (Phi) is 6.62. The first-order valence-corrected chi connectivity index (χ1v) is 14.2. The fourth-order valence-electron chi connectivity index (χ4n) is 7.68.